The monoisotopic (exact) mass is 988 g/mol. The van der Waals surface area contributed by atoms with Crippen molar-refractivity contribution in [3.63, 3.8) is 0 Å². The zero-order chi connectivity index (χ0) is 52.5. The van der Waals surface area contributed by atoms with Gasteiger partial charge in [-0.1, -0.05) is 186 Å². The standard InChI is InChI=1S/C72H58F2N2/c1-43-14-9-19-53(35-43)57-39-61(55-21-11-16-45(3)37-55)71(63(73)41-57)75(65-31-24-47(5)34-49(65)7)67-32-27-51-26-30-60-68(33-28-52-25-29-59(67)69(51)70(52)60)76(66-23-13-18-48(6)50(66)8)72-62(56-22-12-17-46(4)38-56)40-58(42-64(72)74)54-20-10-15-44(2)36-54/h9-42H,1-8H3. The van der Waals surface area contributed by atoms with Crippen molar-refractivity contribution < 1.29 is 8.78 Å². The third-order valence-electron chi connectivity index (χ3n) is 15.4. The molecule has 4 heteroatoms. The van der Waals surface area contributed by atoms with Crippen molar-refractivity contribution in [2.45, 2.75) is 55.4 Å². The van der Waals surface area contributed by atoms with Crippen molar-refractivity contribution in [3.8, 4) is 44.5 Å². The van der Waals surface area contributed by atoms with E-state index >= 15 is 8.78 Å². The van der Waals surface area contributed by atoms with Crippen LogP contribution in [0.5, 0.6) is 0 Å². The zero-order valence-electron chi connectivity index (χ0n) is 44.3. The second-order valence-electron chi connectivity index (χ2n) is 21.0. The number of hydrogen-bond acceptors (Lipinski definition) is 2. The van der Waals surface area contributed by atoms with Crippen LogP contribution in [-0.4, -0.2) is 0 Å². The normalized spacial score (nSPS) is 11.6. The highest BCUT2D eigenvalue weighted by Crippen LogP contribution is 2.53. The number of anilines is 6. The molecule has 0 unspecified atom stereocenters. The molecule has 370 valence electrons. The van der Waals surface area contributed by atoms with E-state index in [-0.39, 0.29) is 11.6 Å². The van der Waals surface area contributed by atoms with E-state index in [1.165, 1.54) is 0 Å². The molecule has 0 amide bonds. The first-order valence-electron chi connectivity index (χ1n) is 26.2. The van der Waals surface area contributed by atoms with Gasteiger partial charge in [0.25, 0.3) is 0 Å². The molecular formula is C72H58F2N2. The number of hydrogen-bond donors (Lipinski definition) is 0. The molecule has 0 atom stereocenters. The molecule has 0 aliphatic heterocycles. The second-order valence-corrected chi connectivity index (χ2v) is 21.0. The summed E-state index contributed by atoms with van der Waals surface area (Å²) >= 11 is 0. The lowest BCUT2D eigenvalue weighted by Crippen LogP contribution is -2.16. The highest BCUT2D eigenvalue weighted by molar-refractivity contribution is 6.28. The first-order valence-corrected chi connectivity index (χ1v) is 26.2. The van der Waals surface area contributed by atoms with E-state index in [1.807, 2.05) is 12.1 Å². The molecule has 0 aliphatic carbocycles. The van der Waals surface area contributed by atoms with Crippen molar-refractivity contribution in [2.75, 3.05) is 9.80 Å². The van der Waals surface area contributed by atoms with Gasteiger partial charge in [-0.2, -0.15) is 0 Å². The van der Waals surface area contributed by atoms with Crippen LogP contribution in [-0.2, 0) is 0 Å². The maximum Gasteiger partial charge on any atom is 0.148 e. The maximum atomic E-state index is 18.1. The molecule has 12 aromatic rings. The molecule has 0 bridgehead atoms. The Morgan fingerprint density at radius 2 is 0.684 bits per heavy atom. The molecule has 0 fully saturated rings. The van der Waals surface area contributed by atoms with Gasteiger partial charge in [-0.05, 0) is 176 Å². The summed E-state index contributed by atoms with van der Waals surface area (Å²) in [5.41, 5.74) is 20.1. The highest BCUT2D eigenvalue weighted by Gasteiger charge is 2.29. The molecule has 0 aliphatic rings. The van der Waals surface area contributed by atoms with Gasteiger partial charge in [-0.25, -0.2) is 8.78 Å². The van der Waals surface area contributed by atoms with Gasteiger partial charge >= 0.3 is 0 Å². The number of aryl methyl sites for hydroxylation is 7. The van der Waals surface area contributed by atoms with E-state index in [2.05, 4.69) is 247 Å². The molecule has 0 aromatic heterocycles. The van der Waals surface area contributed by atoms with Crippen LogP contribution in [0.25, 0.3) is 76.8 Å². The largest absolute Gasteiger partial charge is 0.306 e. The number of halogens is 2. The van der Waals surface area contributed by atoms with Crippen molar-refractivity contribution >= 4 is 66.4 Å². The molecule has 0 N–H and O–H groups in total. The van der Waals surface area contributed by atoms with Gasteiger partial charge in [0.15, 0.2) is 0 Å². The smallest absolute Gasteiger partial charge is 0.148 e. The zero-order valence-corrected chi connectivity index (χ0v) is 44.3. The summed E-state index contributed by atoms with van der Waals surface area (Å²) in [5.74, 6) is -0.652. The van der Waals surface area contributed by atoms with Gasteiger partial charge in [-0.3, -0.25) is 0 Å². The van der Waals surface area contributed by atoms with E-state index in [4.69, 9.17) is 0 Å². The first-order chi connectivity index (χ1) is 36.8. The predicted octanol–water partition coefficient (Wildman–Crippen LogP) is 20.9. The summed E-state index contributed by atoms with van der Waals surface area (Å²) < 4.78 is 36.2. The molecule has 0 spiro atoms. The quantitative estimate of drug-likeness (QED) is 0.126. The summed E-state index contributed by atoms with van der Waals surface area (Å²) in [4.78, 5) is 4.31. The third-order valence-corrected chi connectivity index (χ3v) is 15.4. The van der Waals surface area contributed by atoms with Crippen LogP contribution < -0.4 is 9.80 Å². The lowest BCUT2D eigenvalue weighted by molar-refractivity contribution is 0.629. The fraction of sp³-hybridized carbons (Fsp3) is 0.111. The lowest BCUT2D eigenvalue weighted by Gasteiger charge is -2.33. The molecule has 0 saturated carbocycles. The van der Waals surface area contributed by atoms with Gasteiger partial charge < -0.3 is 9.80 Å². The van der Waals surface area contributed by atoms with Gasteiger partial charge in [-0.15, -0.1) is 0 Å². The Morgan fingerprint density at radius 1 is 0.289 bits per heavy atom. The fourth-order valence-electron chi connectivity index (χ4n) is 11.6. The summed E-state index contributed by atoms with van der Waals surface area (Å²) in [7, 11) is 0. The topological polar surface area (TPSA) is 6.48 Å². The van der Waals surface area contributed by atoms with Crippen molar-refractivity contribution in [3.05, 3.63) is 262 Å². The fourth-order valence-corrected chi connectivity index (χ4v) is 11.6. The SMILES string of the molecule is Cc1cccc(-c2cc(F)c(N(c3ccc(C)cc3C)c3ccc4ccc5c(N(c6cccc(C)c6C)c6c(F)cc(-c7cccc(C)c7)cc6-c6cccc(C)c6)ccc6ccc3c4c65)c(-c3cccc(C)c3)c2)c1. The van der Waals surface area contributed by atoms with Crippen LogP contribution in [0, 0.1) is 67.0 Å². The van der Waals surface area contributed by atoms with Crippen molar-refractivity contribution in [1.29, 1.82) is 0 Å². The highest BCUT2D eigenvalue weighted by atomic mass is 19.1. The number of rotatable bonds is 10. The Hall–Kier alpha value is -8.86. The molecule has 12 aromatic carbocycles. The minimum atomic E-state index is -0.326. The molecule has 0 saturated heterocycles. The average molecular weight is 989 g/mol. The minimum absolute atomic E-state index is 0.326. The van der Waals surface area contributed by atoms with E-state index in [1.54, 1.807) is 12.1 Å². The maximum absolute atomic E-state index is 18.1. The molecule has 0 heterocycles. The predicted molar refractivity (Wildman–Crippen MR) is 319 cm³/mol. The first kappa shape index (κ1) is 48.1. The van der Waals surface area contributed by atoms with E-state index in [0.29, 0.717) is 11.4 Å². The van der Waals surface area contributed by atoms with E-state index in [0.717, 1.165) is 144 Å². The summed E-state index contributed by atoms with van der Waals surface area (Å²) in [6.07, 6.45) is 0. The summed E-state index contributed by atoms with van der Waals surface area (Å²) in [6, 6.07) is 71.1. The molecule has 0 radical (unpaired) electrons. The van der Waals surface area contributed by atoms with Crippen LogP contribution in [0.3, 0.4) is 0 Å². The molecule has 76 heavy (non-hydrogen) atoms. The van der Waals surface area contributed by atoms with Crippen LogP contribution in [0.1, 0.15) is 44.5 Å². The van der Waals surface area contributed by atoms with Gasteiger partial charge in [0.1, 0.15) is 11.6 Å². The van der Waals surface area contributed by atoms with Crippen LogP contribution >= 0.6 is 0 Å². The van der Waals surface area contributed by atoms with Crippen molar-refractivity contribution in [2.24, 2.45) is 0 Å². The Morgan fingerprint density at radius 3 is 1.14 bits per heavy atom. The Balaban J connectivity index is 1.15. The molecule has 12 rings (SSSR count). The lowest BCUT2D eigenvalue weighted by atomic mass is 9.90. The minimum Gasteiger partial charge on any atom is -0.306 e. The molecular weight excluding hydrogens is 931 g/mol. The van der Waals surface area contributed by atoms with Gasteiger partial charge in [0.05, 0.1) is 22.7 Å². The van der Waals surface area contributed by atoms with Gasteiger partial charge in [0, 0.05) is 33.3 Å². The van der Waals surface area contributed by atoms with Crippen LogP contribution in [0.4, 0.5) is 42.9 Å². The summed E-state index contributed by atoms with van der Waals surface area (Å²) in [6.45, 7) is 16.8. The number of benzene rings is 12. The van der Waals surface area contributed by atoms with Crippen LogP contribution in [0.2, 0.25) is 0 Å². The van der Waals surface area contributed by atoms with Crippen molar-refractivity contribution in [1.82, 2.24) is 0 Å². The third kappa shape index (κ3) is 8.44. The second kappa shape index (κ2) is 19.1. The van der Waals surface area contributed by atoms with Crippen LogP contribution in [0.15, 0.2) is 206 Å². The Bertz CT molecular complexity index is 4260. The number of nitrogens with zero attached hydrogens (tertiary/aromatic N) is 2. The Labute approximate surface area is 445 Å². The molecule has 2 nitrogen and oxygen atoms in total. The Kier molecular flexibility index (Phi) is 12.1. The average Bonchev–Trinajstić information content (AvgIpc) is 3.44. The van der Waals surface area contributed by atoms with Gasteiger partial charge in [0.2, 0.25) is 0 Å². The van der Waals surface area contributed by atoms with E-state index < -0.39 is 0 Å². The van der Waals surface area contributed by atoms with E-state index in [9.17, 15) is 0 Å². The summed E-state index contributed by atoms with van der Waals surface area (Å²) in [5, 5.41) is 6.14.